The molecular formula is C30H26N2O2S2. The van der Waals surface area contributed by atoms with Crippen molar-refractivity contribution in [1.29, 1.82) is 0 Å². The van der Waals surface area contributed by atoms with Crippen LogP contribution in [0.4, 0.5) is 17.1 Å². The minimum absolute atomic E-state index is 0.0527. The molecule has 4 aromatic carbocycles. The number of anilines is 3. The summed E-state index contributed by atoms with van der Waals surface area (Å²) >= 11 is 3.22. The number of thioether (sulfide) groups is 1. The minimum Gasteiger partial charge on any atom is -0.322 e. The van der Waals surface area contributed by atoms with Gasteiger partial charge in [0.1, 0.15) is 0 Å². The third-order valence-corrected chi connectivity index (χ3v) is 8.43. The highest BCUT2D eigenvalue weighted by Crippen LogP contribution is 2.48. The lowest BCUT2D eigenvalue weighted by Crippen LogP contribution is -2.35. The summed E-state index contributed by atoms with van der Waals surface area (Å²) in [7, 11) is 0. The summed E-state index contributed by atoms with van der Waals surface area (Å²) in [5.74, 6) is -0.0973. The second kappa shape index (κ2) is 10.6. The maximum Gasteiger partial charge on any atom is 0.255 e. The Bertz CT molecular complexity index is 1390. The van der Waals surface area contributed by atoms with E-state index < -0.39 is 0 Å². The van der Waals surface area contributed by atoms with Gasteiger partial charge in [-0.3, -0.25) is 14.5 Å². The molecule has 4 nitrogen and oxygen atoms in total. The van der Waals surface area contributed by atoms with E-state index in [0.717, 1.165) is 31.6 Å². The average Bonchev–Trinajstić information content (AvgIpc) is 2.90. The van der Waals surface area contributed by atoms with Gasteiger partial charge in [-0.1, -0.05) is 66.7 Å². The number of carbonyl (C=O) groups excluding carboxylic acids is 2. The fraction of sp³-hybridized carbons (Fsp3) is 0.133. The molecule has 2 amide bonds. The summed E-state index contributed by atoms with van der Waals surface area (Å²) in [6, 6.07) is 31.3. The highest BCUT2D eigenvalue weighted by molar-refractivity contribution is 8.00. The molecule has 1 aliphatic heterocycles. The van der Waals surface area contributed by atoms with Crippen molar-refractivity contribution in [3.8, 4) is 0 Å². The van der Waals surface area contributed by atoms with Gasteiger partial charge < -0.3 is 5.32 Å². The third kappa shape index (κ3) is 5.06. The van der Waals surface area contributed by atoms with Gasteiger partial charge in [-0.2, -0.15) is 0 Å². The van der Waals surface area contributed by atoms with E-state index in [-0.39, 0.29) is 17.1 Å². The summed E-state index contributed by atoms with van der Waals surface area (Å²) in [4.78, 5) is 31.6. The van der Waals surface area contributed by atoms with Gasteiger partial charge in [0.25, 0.3) is 5.91 Å². The first-order chi connectivity index (χ1) is 17.5. The van der Waals surface area contributed by atoms with E-state index in [0.29, 0.717) is 17.7 Å². The summed E-state index contributed by atoms with van der Waals surface area (Å²) in [6.45, 7) is 4.00. The van der Waals surface area contributed by atoms with Crippen LogP contribution in [0.25, 0.3) is 0 Å². The molecular weight excluding hydrogens is 484 g/mol. The molecule has 1 heterocycles. The number of para-hydroxylation sites is 2. The number of benzene rings is 4. The molecule has 0 radical (unpaired) electrons. The molecule has 0 fully saturated rings. The topological polar surface area (TPSA) is 49.4 Å². The van der Waals surface area contributed by atoms with Crippen molar-refractivity contribution >= 4 is 52.4 Å². The SMILES string of the molecule is CCC(Sc1cccc(NC(=O)c2cccc(C)c2)c1)C(=O)N1c2ccccc2Sc2ccccc21. The van der Waals surface area contributed by atoms with E-state index in [2.05, 4.69) is 17.4 Å². The Hall–Kier alpha value is -3.48. The molecule has 0 saturated carbocycles. The van der Waals surface area contributed by atoms with Gasteiger partial charge in [-0.05, 0) is 67.9 Å². The summed E-state index contributed by atoms with van der Waals surface area (Å²) in [6.07, 6.45) is 0.678. The van der Waals surface area contributed by atoms with Crippen LogP contribution < -0.4 is 10.2 Å². The van der Waals surface area contributed by atoms with Crippen LogP contribution in [0.2, 0.25) is 0 Å². The Kier molecular flexibility index (Phi) is 7.16. The molecule has 0 aliphatic carbocycles. The monoisotopic (exact) mass is 510 g/mol. The second-order valence-corrected chi connectivity index (χ2v) is 10.9. The highest BCUT2D eigenvalue weighted by atomic mass is 32.2. The number of carbonyl (C=O) groups is 2. The number of hydrogen-bond acceptors (Lipinski definition) is 4. The quantitative estimate of drug-likeness (QED) is 0.267. The molecule has 0 aromatic heterocycles. The molecule has 1 N–H and O–H groups in total. The predicted octanol–water partition coefficient (Wildman–Crippen LogP) is 7.95. The molecule has 6 heteroatoms. The van der Waals surface area contributed by atoms with Crippen LogP contribution in [-0.2, 0) is 4.79 Å². The van der Waals surface area contributed by atoms with Gasteiger partial charge in [-0.25, -0.2) is 0 Å². The van der Waals surface area contributed by atoms with E-state index >= 15 is 0 Å². The normalized spacial score (nSPS) is 12.9. The average molecular weight is 511 g/mol. The molecule has 0 bridgehead atoms. The maximum absolute atomic E-state index is 14.0. The van der Waals surface area contributed by atoms with Gasteiger partial charge in [0.05, 0.1) is 16.6 Å². The molecule has 5 rings (SSSR count). The smallest absolute Gasteiger partial charge is 0.255 e. The Balaban J connectivity index is 1.38. The number of fused-ring (bicyclic) bond motifs is 2. The van der Waals surface area contributed by atoms with Crippen molar-refractivity contribution in [1.82, 2.24) is 0 Å². The lowest BCUT2D eigenvalue weighted by Gasteiger charge is -2.33. The van der Waals surface area contributed by atoms with E-state index in [1.54, 1.807) is 17.8 Å². The second-order valence-electron chi connectivity index (χ2n) is 8.58. The standard InChI is InChI=1S/C30H26N2O2S2/c1-3-26(30(34)32-24-14-4-6-16-27(24)36-28-17-7-5-15-25(28)32)35-23-13-9-12-22(19-23)31-29(33)21-11-8-10-20(2)18-21/h4-19,26H,3H2,1-2H3,(H,31,33). The molecule has 0 saturated heterocycles. The van der Waals surface area contributed by atoms with Crippen LogP contribution in [-0.4, -0.2) is 17.1 Å². The molecule has 1 aliphatic rings. The van der Waals surface area contributed by atoms with Gasteiger partial charge in [0.2, 0.25) is 5.91 Å². The molecule has 1 unspecified atom stereocenters. The largest absolute Gasteiger partial charge is 0.322 e. The third-order valence-electron chi connectivity index (χ3n) is 5.95. The predicted molar refractivity (Wildman–Crippen MR) is 150 cm³/mol. The molecule has 0 spiro atoms. The first-order valence-corrected chi connectivity index (χ1v) is 13.6. The number of nitrogens with one attached hydrogen (secondary N) is 1. The van der Waals surface area contributed by atoms with Crippen LogP contribution in [0.1, 0.15) is 29.3 Å². The van der Waals surface area contributed by atoms with Crippen LogP contribution in [0.15, 0.2) is 112 Å². The summed E-state index contributed by atoms with van der Waals surface area (Å²) in [5.41, 5.74) is 4.21. The van der Waals surface area contributed by atoms with Gasteiger partial charge in [0.15, 0.2) is 0 Å². The first-order valence-electron chi connectivity index (χ1n) is 11.9. The van der Waals surface area contributed by atoms with Crippen molar-refractivity contribution < 1.29 is 9.59 Å². The zero-order valence-corrected chi connectivity index (χ0v) is 21.7. The van der Waals surface area contributed by atoms with Gasteiger partial charge in [0, 0.05) is 25.9 Å². The van der Waals surface area contributed by atoms with E-state index in [9.17, 15) is 9.59 Å². The Labute approximate surface area is 220 Å². The Morgan fingerprint density at radius 2 is 1.53 bits per heavy atom. The number of rotatable bonds is 6. The van der Waals surface area contributed by atoms with Crippen LogP contribution in [0.3, 0.4) is 0 Å². The first kappa shape index (κ1) is 24.2. The van der Waals surface area contributed by atoms with Crippen molar-refractivity contribution in [3.05, 3.63) is 108 Å². The molecule has 36 heavy (non-hydrogen) atoms. The number of nitrogens with zero attached hydrogens (tertiary/aromatic N) is 1. The molecule has 180 valence electrons. The highest BCUT2D eigenvalue weighted by Gasteiger charge is 2.32. The summed E-state index contributed by atoms with van der Waals surface area (Å²) < 4.78 is 0. The zero-order valence-electron chi connectivity index (χ0n) is 20.1. The number of aryl methyl sites for hydroxylation is 1. The van der Waals surface area contributed by atoms with E-state index in [1.165, 1.54) is 11.8 Å². The Morgan fingerprint density at radius 3 is 2.19 bits per heavy atom. The Morgan fingerprint density at radius 1 is 0.861 bits per heavy atom. The minimum atomic E-state index is -0.281. The zero-order chi connectivity index (χ0) is 25.1. The fourth-order valence-electron chi connectivity index (χ4n) is 4.20. The van der Waals surface area contributed by atoms with E-state index in [1.807, 2.05) is 97.6 Å². The van der Waals surface area contributed by atoms with Gasteiger partial charge in [-0.15, -0.1) is 11.8 Å². The van der Waals surface area contributed by atoms with Crippen molar-refractivity contribution in [2.24, 2.45) is 0 Å². The van der Waals surface area contributed by atoms with Crippen LogP contribution in [0, 0.1) is 6.92 Å². The molecule has 4 aromatic rings. The lowest BCUT2D eigenvalue weighted by molar-refractivity contribution is -0.117. The maximum atomic E-state index is 14.0. The van der Waals surface area contributed by atoms with Crippen molar-refractivity contribution in [3.63, 3.8) is 0 Å². The number of amides is 2. The fourth-order valence-corrected chi connectivity index (χ4v) is 6.31. The summed E-state index contributed by atoms with van der Waals surface area (Å²) in [5, 5.41) is 2.70. The van der Waals surface area contributed by atoms with Gasteiger partial charge >= 0.3 is 0 Å². The lowest BCUT2D eigenvalue weighted by atomic mass is 10.1. The molecule has 1 atom stereocenters. The van der Waals surface area contributed by atoms with Crippen LogP contribution >= 0.6 is 23.5 Å². The van der Waals surface area contributed by atoms with E-state index in [4.69, 9.17) is 0 Å². The van der Waals surface area contributed by atoms with Crippen molar-refractivity contribution in [2.75, 3.05) is 10.2 Å². The number of hydrogen-bond donors (Lipinski definition) is 1. The van der Waals surface area contributed by atoms with Crippen molar-refractivity contribution in [2.45, 2.75) is 40.2 Å². The van der Waals surface area contributed by atoms with Crippen LogP contribution in [0.5, 0.6) is 0 Å².